The van der Waals surface area contributed by atoms with Crippen molar-refractivity contribution in [1.29, 1.82) is 0 Å². The number of pyridine rings is 1. The monoisotopic (exact) mass is 330 g/mol. The van der Waals surface area contributed by atoms with Crippen molar-refractivity contribution in [3.05, 3.63) is 41.6 Å². The van der Waals surface area contributed by atoms with Gasteiger partial charge in [-0.2, -0.15) is 0 Å². The minimum Gasteiger partial charge on any atom is -0.395 e. The fourth-order valence-electron chi connectivity index (χ4n) is 3.15. The molecule has 0 aliphatic carbocycles. The Balaban J connectivity index is 2.60. The Hall–Kier alpha value is -1.49. The molecule has 1 heterocycles. The zero-order valence-corrected chi connectivity index (χ0v) is 15.5. The predicted molar refractivity (Wildman–Crippen MR) is 99.2 cm³/mol. The molecule has 0 spiro atoms. The Morgan fingerprint density at radius 2 is 1.75 bits per heavy atom. The standard InChI is InChI=1S/C20H30N2O2/c1-6-22(7-2)17(13-23)19(24)15-12-18(20(3,4)5)21-16-11-9-8-10-14(15)16/h8-12,17,19,23-24H,6-7,13H2,1-5H3. The molecular weight excluding hydrogens is 300 g/mol. The van der Waals surface area contributed by atoms with Gasteiger partial charge in [-0.25, -0.2) is 0 Å². The lowest BCUT2D eigenvalue weighted by atomic mass is 9.88. The van der Waals surface area contributed by atoms with Crippen LogP contribution in [0.15, 0.2) is 30.3 Å². The fraction of sp³-hybridized carbons (Fsp3) is 0.550. The molecule has 0 saturated carbocycles. The van der Waals surface area contributed by atoms with Gasteiger partial charge < -0.3 is 10.2 Å². The summed E-state index contributed by atoms with van der Waals surface area (Å²) >= 11 is 0. The van der Waals surface area contributed by atoms with Crippen molar-refractivity contribution < 1.29 is 10.2 Å². The molecule has 2 N–H and O–H groups in total. The van der Waals surface area contributed by atoms with Crippen LogP contribution in [0.5, 0.6) is 0 Å². The molecule has 0 bridgehead atoms. The van der Waals surface area contributed by atoms with Gasteiger partial charge in [-0.1, -0.05) is 52.8 Å². The quantitative estimate of drug-likeness (QED) is 0.853. The maximum atomic E-state index is 11.1. The van der Waals surface area contributed by atoms with Gasteiger partial charge in [0, 0.05) is 16.5 Å². The van der Waals surface area contributed by atoms with Crippen molar-refractivity contribution in [1.82, 2.24) is 9.88 Å². The summed E-state index contributed by atoms with van der Waals surface area (Å²) in [6.07, 6.45) is -0.760. The minimum absolute atomic E-state index is 0.0790. The number of hydrogen-bond acceptors (Lipinski definition) is 4. The van der Waals surface area contributed by atoms with E-state index in [-0.39, 0.29) is 18.1 Å². The predicted octanol–water partition coefficient (Wildman–Crippen LogP) is 3.27. The second-order valence-corrected chi connectivity index (χ2v) is 7.28. The second-order valence-electron chi connectivity index (χ2n) is 7.28. The number of nitrogens with zero attached hydrogens (tertiary/aromatic N) is 2. The molecule has 2 atom stereocenters. The van der Waals surface area contributed by atoms with Crippen molar-refractivity contribution in [3.8, 4) is 0 Å². The van der Waals surface area contributed by atoms with Crippen LogP contribution in [0.2, 0.25) is 0 Å². The first kappa shape index (κ1) is 18.8. The molecule has 132 valence electrons. The number of aliphatic hydroxyl groups excluding tert-OH is 2. The molecule has 4 heteroatoms. The average Bonchev–Trinajstić information content (AvgIpc) is 2.57. The molecule has 0 radical (unpaired) electrons. The number of para-hydroxylation sites is 1. The number of aliphatic hydroxyl groups is 2. The number of aromatic nitrogens is 1. The van der Waals surface area contributed by atoms with Crippen molar-refractivity contribution in [2.45, 2.75) is 52.2 Å². The maximum absolute atomic E-state index is 11.1. The first-order valence-corrected chi connectivity index (χ1v) is 8.76. The molecule has 0 saturated heterocycles. The van der Waals surface area contributed by atoms with E-state index in [0.717, 1.165) is 35.2 Å². The van der Waals surface area contributed by atoms with E-state index in [1.165, 1.54) is 0 Å². The van der Waals surface area contributed by atoms with Gasteiger partial charge in [0.05, 0.1) is 24.3 Å². The topological polar surface area (TPSA) is 56.6 Å². The van der Waals surface area contributed by atoms with Gasteiger partial charge in [0.25, 0.3) is 0 Å². The summed E-state index contributed by atoms with van der Waals surface area (Å²) in [5.74, 6) is 0. The first-order chi connectivity index (χ1) is 11.3. The molecule has 2 unspecified atom stereocenters. The SMILES string of the molecule is CCN(CC)C(CO)C(O)c1cc(C(C)(C)C)nc2ccccc12. The van der Waals surface area contributed by atoms with Crippen molar-refractivity contribution >= 4 is 10.9 Å². The van der Waals surface area contributed by atoms with Gasteiger partial charge in [0.1, 0.15) is 0 Å². The maximum Gasteiger partial charge on any atom is 0.0974 e. The lowest BCUT2D eigenvalue weighted by Gasteiger charge is -2.33. The van der Waals surface area contributed by atoms with Crippen LogP contribution in [0.25, 0.3) is 10.9 Å². The highest BCUT2D eigenvalue weighted by atomic mass is 16.3. The van der Waals surface area contributed by atoms with Crippen molar-refractivity contribution in [2.75, 3.05) is 19.7 Å². The van der Waals surface area contributed by atoms with E-state index >= 15 is 0 Å². The zero-order valence-electron chi connectivity index (χ0n) is 15.5. The lowest BCUT2D eigenvalue weighted by Crippen LogP contribution is -2.42. The summed E-state index contributed by atoms with van der Waals surface area (Å²) in [5, 5.41) is 21.9. The molecule has 0 aliphatic rings. The molecule has 1 aromatic heterocycles. The lowest BCUT2D eigenvalue weighted by molar-refractivity contribution is 0.0201. The summed E-state index contributed by atoms with van der Waals surface area (Å²) in [4.78, 5) is 6.87. The Kier molecular flexibility index (Phi) is 5.97. The van der Waals surface area contributed by atoms with Gasteiger partial charge in [0.15, 0.2) is 0 Å². The van der Waals surface area contributed by atoms with Gasteiger partial charge in [-0.15, -0.1) is 0 Å². The highest BCUT2D eigenvalue weighted by Gasteiger charge is 2.28. The van der Waals surface area contributed by atoms with Gasteiger partial charge >= 0.3 is 0 Å². The molecule has 2 aromatic rings. The Bertz CT molecular complexity index is 675. The van der Waals surface area contributed by atoms with Crippen LogP contribution in [-0.2, 0) is 5.41 Å². The molecule has 1 aromatic carbocycles. The van der Waals surface area contributed by atoms with Crippen LogP contribution in [0.3, 0.4) is 0 Å². The average molecular weight is 330 g/mol. The van der Waals surface area contributed by atoms with E-state index in [1.54, 1.807) is 0 Å². The third kappa shape index (κ3) is 3.77. The van der Waals surface area contributed by atoms with Gasteiger partial charge in [-0.3, -0.25) is 9.88 Å². The number of likely N-dealkylation sites (N-methyl/N-ethyl adjacent to an activating group) is 1. The number of rotatable bonds is 6. The molecule has 24 heavy (non-hydrogen) atoms. The number of fused-ring (bicyclic) bond motifs is 1. The highest BCUT2D eigenvalue weighted by Crippen LogP contribution is 2.32. The molecule has 0 aliphatic heterocycles. The summed E-state index contributed by atoms with van der Waals surface area (Å²) in [5.41, 5.74) is 2.57. The van der Waals surface area contributed by atoms with Crippen LogP contribution < -0.4 is 0 Å². The van der Waals surface area contributed by atoms with Crippen molar-refractivity contribution in [3.63, 3.8) is 0 Å². The van der Waals surface area contributed by atoms with Crippen molar-refractivity contribution in [2.24, 2.45) is 0 Å². The van der Waals surface area contributed by atoms with E-state index in [2.05, 4.69) is 25.7 Å². The zero-order chi connectivity index (χ0) is 17.9. The number of benzene rings is 1. The summed E-state index contributed by atoms with van der Waals surface area (Å²) < 4.78 is 0. The third-order valence-corrected chi connectivity index (χ3v) is 4.67. The molecule has 0 amide bonds. The fourth-order valence-corrected chi connectivity index (χ4v) is 3.15. The Morgan fingerprint density at radius 3 is 2.29 bits per heavy atom. The van der Waals surface area contributed by atoms with Crippen LogP contribution in [0.1, 0.15) is 52.0 Å². The summed E-state index contributed by atoms with van der Waals surface area (Å²) in [7, 11) is 0. The van der Waals surface area contributed by atoms with E-state index < -0.39 is 6.10 Å². The van der Waals surface area contributed by atoms with Gasteiger partial charge in [0.2, 0.25) is 0 Å². The normalized spacial score (nSPS) is 15.0. The summed E-state index contributed by atoms with van der Waals surface area (Å²) in [6, 6.07) is 9.57. The highest BCUT2D eigenvalue weighted by molar-refractivity contribution is 5.83. The summed E-state index contributed by atoms with van der Waals surface area (Å²) in [6.45, 7) is 11.9. The molecule has 0 fully saturated rings. The number of hydrogen-bond donors (Lipinski definition) is 2. The molecular formula is C20H30N2O2. The Morgan fingerprint density at radius 1 is 1.12 bits per heavy atom. The first-order valence-electron chi connectivity index (χ1n) is 8.76. The van der Waals surface area contributed by atoms with E-state index in [4.69, 9.17) is 4.98 Å². The van der Waals surface area contributed by atoms with E-state index in [1.807, 2.05) is 44.2 Å². The van der Waals surface area contributed by atoms with E-state index in [0.29, 0.717) is 0 Å². The second kappa shape index (κ2) is 7.60. The van der Waals surface area contributed by atoms with Crippen LogP contribution in [0.4, 0.5) is 0 Å². The van der Waals surface area contributed by atoms with E-state index in [9.17, 15) is 10.2 Å². The largest absolute Gasteiger partial charge is 0.395 e. The minimum atomic E-state index is -0.760. The third-order valence-electron chi connectivity index (χ3n) is 4.67. The molecule has 2 rings (SSSR count). The van der Waals surface area contributed by atoms with Crippen LogP contribution >= 0.6 is 0 Å². The van der Waals surface area contributed by atoms with Gasteiger partial charge in [-0.05, 0) is 30.8 Å². The van der Waals surface area contributed by atoms with Crippen LogP contribution in [-0.4, -0.2) is 45.8 Å². The Labute approximate surface area is 145 Å². The molecule has 4 nitrogen and oxygen atoms in total. The van der Waals surface area contributed by atoms with Crippen LogP contribution in [0, 0.1) is 0 Å². The smallest absolute Gasteiger partial charge is 0.0974 e.